The number of hydrogen-bond acceptors (Lipinski definition) is 5. The third-order valence-electron chi connectivity index (χ3n) is 4.66. The lowest BCUT2D eigenvalue weighted by Gasteiger charge is -2.18. The number of aliphatic imine (C=N–C) groups is 1. The van der Waals surface area contributed by atoms with Gasteiger partial charge in [-0.2, -0.15) is 0 Å². The maximum absolute atomic E-state index is 13.9. The van der Waals surface area contributed by atoms with Gasteiger partial charge in [-0.15, -0.1) is 0 Å². The van der Waals surface area contributed by atoms with E-state index in [-0.39, 0.29) is 36.0 Å². The number of carbonyl (C=O) groups excluding carboxylic acids is 2. The first-order valence-electron chi connectivity index (χ1n) is 8.89. The number of imidazole rings is 1. The van der Waals surface area contributed by atoms with Crippen LogP contribution in [-0.4, -0.2) is 40.7 Å². The van der Waals surface area contributed by atoms with Crippen LogP contribution in [0.4, 0.5) is 19.5 Å². The largest absolute Gasteiger partial charge is 0.450 e. The number of benzene rings is 2. The van der Waals surface area contributed by atoms with Crippen LogP contribution in [0.1, 0.15) is 34.0 Å². The van der Waals surface area contributed by atoms with Gasteiger partial charge in [0.1, 0.15) is 6.54 Å². The minimum absolute atomic E-state index is 0.0973. The van der Waals surface area contributed by atoms with Crippen LogP contribution in [0, 0.1) is 18.6 Å². The second-order valence-electron chi connectivity index (χ2n) is 6.47. The Morgan fingerprint density at radius 1 is 1.21 bits per heavy atom. The summed E-state index contributed by atoms with van der Waals surface area (Å²) in [6.07, 6.45) is -0.633. The quantitative estimate of drug-likeness (QED) is 0.702. The van der Waals surface area contributed by atoms with Crippen molar-refractivity contribution in [2.24, 2.45) is 4.99 Å². The number of amides is 1. The highest BCUT2D eigenvalue weighted by molar-refractivity contribution is 6.23. The Labute approximate surface area is 163 Å². The molecule has 0 saturated heterocycles. The van der Waals surface area contributed by atoms with Gasteiger partial charge in [-0.3, -0.25) is 15.1 Å². The molecule has 1 amide bonds. The summed E-state index contributed by atoms with van der Waals surface area (Å²) in [6.45, 7) is 3.56. The molecule has 0 aliphatic carbocycles. The number of Topliss-reactive ketones (excluding diaryl/α,β-unsaturated/α-hetero) is 1. The van der Waals surface area contributed by atoms with Gasteiger partial charge < -0.3 is 9.72 Å². The number of aryl methyl sites for hydroxylation is 1. The van der Waals surface area contributed by atoms with E-state index in [0.717, 1.165) is 12.1 Å². The van der Waals surface area contributed by atoms with Crippen LogP contribution in [0.5, 0.6) is 0 Å². The van der Waals surface area contributed by atoms with E-state index < -0.39 is 17.7 Å². The topological polar surface area (TPSA) is 96.4 Å². The van der Waals surface area contributed by atoms with Crippen molar-refractivity contribution >= 4 is 34.6 Å². The minimum atomic E-state index is -1.08. The van der Waals surface area contributed by atoms with E-state index in [2.05, 4.69) is 20.3 Å². The smallest absolute Gasteiger partial charge is 0.413 e. The van der Waals surface area contributed by atoms with Crippen LogP contribution in [0.25, 0.3) is 11.0 Å². The van der Waals surface area contributed by atoms with Gasteiger partial charge in [0.2, 0.25) is 5.95 Å². The van der Waals surface area contributed by atoms with Gasteiger partial charge in [-0.05, 0) is 37.6 Å². The zero-order valence-corrected chi connectivity index (χ0v) is 15.6. The molecule has 0 atom stereocenters. The molecule has 0 radical (unpaired) electrons. The molecule has 9 heteroatoms. The van der Waals surface area contributed by atoms with Crippen LogP contribution < -0.4 is 5.32 Å². The van der Waals surface area contributed by atoms with Gasteiger partial charge in [0.15, 0.2) is 17.4 Å². The molecule has 0 saturated carbocycles. The molecule has 1 aromatic heterocycles. The van der Waals surface area contributed by atoms with Crippen LogP contribution >= 0.6 is 0 Å². The average molecular weight is 398 g/mol. The van der Waals surface area contributed by atoms with E-state index in [1.54, 1.807) is 26.0 Å². The number of aromatic amines is 1. The SMILES string of the molecule is CCOC(=O)Nc1nc2c(C)c(C3=NCC(=O)c4cc(F)c(F)cc43)ccc2[nH]1. The second kappa shape index (κ2) is 7.08. The van der Waals surface area contributed by atoms with Gasteiger partial charge in [-0.25, -0.2) is 18.6 Å². The first-order chi connectivity index (χ1) is 13.9. The lowest BCUT2D eigenvalue weighted by atomic mass is 9.90. The molecule has 3 aromatic rings. The fourth-order valence-corrected chi connectivity index (χ4v) is 3.32. The number of ether oxygens (including phenoxy) is 1. The van der Waals surface area contributed by atoms with Crippen molar-refractivity contribution in [2.75, 3.05) is 18.5 Å². The fraction of sp³-hybridized carbons (Fsp3) is 0.200. The molecule has 2 heterocycles. The highest BCUT2D eigenvalue weighted by atomic mass is 19.2. The van der Waals surface area contributed by atoms with Crippen LogP contribution in [0.2, 0.25) is 0 Å². The summed E-state index contributed by atoms with van der Waals surface area (Å²) in [5.41, 5.74) is 3.30. The number of nitrogens with zero attached hydrogens (tertiary/aromatic N) is 2. The summed E-state index contributed by atoms with van der Waals surface area (Å²) < 4.78 is 32.3. The lowest BCUT2D eigenvalue weighted by Crippen LogP contribution is -2.21. The zero-order chi connectivity index (χ0) is 20.7. The highest BCUT2D eigenvalue weighted by Gasteiger charge is 2.26. The van der Waals surface area contributed by atoms with Crippen molar-refractivity contribution in [3.05, 3.63) is 58.2 Å². The third kappa shape index (κ3) is 3.24. The van der Waals surface area contributed by atoms with E-state index in [0.29, 0.717) is 27.9 Å². The van der Waals surface area contributed by atoms with Gasteiger partial charge in [-0.1, -0.05) is 6.07 Å². The summed E-state index contributed by atoms with van der Waals surface area (Å²) in [6, 6.07) is 5.39. The van der Waals surface area contributed by atoms with Gasteiger partial charge in [0.05, 0.1) is 23.4 Å². The number of H-pyrrole nitrogens is 1. The van der Waals surface area contributed by atoms with E-state index in [9.17, 15) is 18.4 Å². The molecule has 148 valence electrons. The van der Waals surface area contributed by atoms with Gasteiger partial charge >= 0.3 is 6.09 Å². The molecular formula is C20H16F2N4O3. The molecule has 0 spiro atoms. The lowest BCUT2D eigenvalue weighted by molar-refractivity contribution is 0.0999. The predicted octanol–water partition coefficient (Wildman–Crippen LogP) is 3.75. The molecule has 29 heavy (non-hydrogen) atoms. The van der Waals surface area contributed by atoms with E-state index in [1.165, 1.54) is 0 Å². The molecule has 1 aliphatic rings. The first kappa shape index (κ1) is 18.7. The number of anilines is 1. The summed E-state index contributed by atoms with van der Waals surface area (Å²) >= 11 is 0. The molecule has 1 aliphatic heterocycles. The van der Waals surface area contributed by atoms with Crippen molar-refractivity contribution in [1.82, 2.24) is 9.97 Å². The molecule has 0 bridgehead atoms. The zero-order valence-electron chi connectivity index (χ0n) is 15.6. The van der Waals surface area contributed by atoms with Crippen LogP contribution in [0.3, 0.4) is 0 Å². The Morgan fingerprint density at radius 3 is 2.66 bits per heavy atom. The summed E-state index contributed by atoms with van der Waals surface area (Å²) in [7, 11) is 0. The van der Waals surface area contributed by atoms with Crippen molar-refractivity contribution < 1.29 is 23.1 Å². The Bertz CT molecular complexity index is 1200. The summed E-state index contributed by atoms with van der Waals surface area (Å²) in [4.78, 5) is 35.4. The molecule has 2 N–H and O–H groups in total. The molecule has 7 nitrogen and oxygen atoms in total. The third-order valence-corrected chi connectivity index (χ3v) is 4.66. The molecule has 4 rings (SSSR count). The molecule has 0 unspecified atom stereocenters. The minimum Gasteiger partial charge on any atom is -0.450 e. The van der Waals surface area contributed by atoms with Crippen molar-refractivity contribution in [3.63, 3.8) is 0 Å². The highest BCUT2D eigenvalue weighted by Crippen LogP contribution is 2.28. The van der Waals surface area contributed by atoms with E-state index in [4.69, 9.17) is 4.74 Å². The maximum Gasteiger partial charge on any atom is 0.413 e. The molecule has 0 fully saturated rings. The Kier molecular flexibility index (Phi) is 4.57. The van der Waals surface area contributed by atoms with Crippen molar-refractivity contribution in [2.45, 2.75) is 13.8 Å². The fourth-order valence-electron chi connectivity index (χ4n) is 3.32. The standard InChI is InChI=1S/C20H16F2N4O3/c1-3-29-20(28)26-19-24-15-5-4-10(9(2)17(15)25-19)18-12-7-14(22)13(21)6-11(12)16(27)8-23-18/h4-7H,3,8H2,1-2H3,(H2,24,25,26,28). The van der Waals surface area contributed by atoms with E-state index >= 15 is 0 Å². The van der Waals surface area contributed by atoms with Crippen LogP contribution in [-0.2, 0) is 4.74 Å². The van der Waals surface area contributed by atoms with E-state index in [1.807, 2.05) is 0 Å². The monoisotopic (exact) mass is 398 g/mol. The predicted molar refractivity (Wildman–Crippen MR) is 103 cm³/mol. The summed E-state index contributed by atoms with van der Waals surface area (Å²) in [5.74, 6) is -2.28. The number of aromatic nitrogens is 2. The number of ketones is 1. The Morgan fingerprint density at radius 2 is 1.93 bits per heavy atom. The number of fused-ring (bicyclic) bond motifs is 2. The summed E-state index contributed by atoms with van der Waals surface area (Å²) in [5, 5.41) is 2.50. The average Bonchev–Trinajstić information content (AvgIpc) is 3.08. The van der Waals surface area contributed by atoms with Crippen molar-refractivity contribution in [1.29, 1.82) is 0 Å². The van der Waals surface area contributed by atoms with Crippen molar-refractivity contribution in [3.8, 4) is 0 Å². The maximum atomic E-state index is 13.9. The van der Waals surface area contributed by atoms with Gasteiger partial charge in [0.25, 0.3) is 0 Å². The Balaban J connectivity index is 1.79. The second-order valence-corrected chi connectivity index (χ2v) is 6.47. The number of hydrogen-bond donors (Lipinski definition) is 2. The van der Waals surface area contributed by atoms with Crippen LogP contribution in [0.15, 0.2) is 29.3 Å². The van der Waals surface area contributed by atoms with Gasteiger partial charge in [0, 0.05) is 16.7 Å². The first-order valence-corrected chi connectivity index (χ1v) is 8.89. The number of halogens is 2. The molecule has 2 aromatic carbocycles. The molecular weight excluding hydrogens is 382 g/mol. The Hall–Kier alpha value is -3.62. The number of carbonyl (C=O) groups is 2. The number of nitrogens with one attached hydrogen (secondary N) is 2. The normalized spacial score (nSPS) is 13.2. The number of rotatable bonds is 3.